The molecule has 0 spiro atoms. The molecule has 3 rings (SSSR count). The molecule has 1 aliphatic rings. The van der Waals surface area contributed by atoms with Gasteiger partial charge >= 0.3 is 0 Å². The lowest BCUT2D eigenvalue weighted by atomic mass is 10.1. The molecule has 8 heteroatoms. The van der Waals surface area contributed by atoms with Crippen LogP contribution in [0.25, 0.3) is 5.57 Å². The van der Waals surface area contributed by atoms with Crippen LogP contribution in [0.4, 0.5) is 0 Å². The summed E-state index contributed by atoms with van der Waals surface area (Å²) in [4.78, 5) is 27.8. The van der Waals surface area contributed by atoms with Crippen molar-refractivity contribution in [2.45, 2.75) is 12.2 Å². The second kappa shape index (κ2) is 9.67. The Morgan fingerprint density at radius 1 is 1.03 bits per heavy atom. The molecular weight excluding hydrogens is 394 g/mol. The summed E-state index contributed by atoms with van der Waals surface area (Å²) in [5, 5.41) is 0. The van der Waals surface area contributed by atoms with Crippen LogP contribution in [0, 0.1) is 0 Å². The summed E-state index contributed by atoms with van der Waals surface area (Å²) in [7, 11) is 4.66. The van der Waals surface area contributed by atoms with Crippen LogP contribution in [-0.2, 0) is 20.1 Å². The van der Waals surface area contributed by atoms with Gasteiger partial charge in [0.15, 0.2) is 11.5 Å². The summed E-state index contributed by atoms with van der Waals surface area (Å²) in [5.41, 5.74) is 0.974. The molecule has 0 atom stereocenters. The van der Waals surface area contributed by atoms with Crippen LogP contribution in [0.2, 0.25) is 0 Å². The number of imide groups is 1. The molecule has 1 aromatic heterocycles. The summed E-state index contributed by atoms with van der Waals surface area (Å²) >= 11 is 1.29. The van der Waals surface area contributed by atoms with Crippen molar-refractivity contribution in [3.63, 3.8) is 0 Å². The van der Waals surface area contributed by atoms with Crippen LogP contribution in [0.3, 0.4) is 0 Å². The molecule has 0 radical (unpaired) electrons. The molecule has 0 N–H and O–H groups in total. The lowest BCUT2D eigenvalue weighted by molar-refractivity contribution is -0.136. The number of benzene rings is 1. The number of carbonyl (C=O) groups excluding carboxylic acids is 2. The van der Waals surface area contributed by atoms with E-state index in [9.17, 15) is 9.59 Å². The van der Waals surface area contributed by atoms with Crippen molar-refractivity contribution in [2.75, 3.05) is 34.5 Å². The average molecular weight is 417 g/mol. The van der Waals surface area contributed by atoms with Crippen molar-refractivity contribution < 1.29 is 28.2 Å². The maximum atomic E-state index is 13.1. The normalized spacial score (nSPS) is 14.1. The van der Waals surface area contributed by atoms with Crippen molar-refractivity contribution in [2.24, 2.45) is 0 Å². The molecule has 0 aliphatic carbocycles. The summed E-state index contributed by atoms with van der Waals surface area (Å²) in [6.07, 6.45) is 2.15. The molecule has 154 valence electrons. The van der Waals surface area contributed by atoms with Crippen LogP contribution in [0.5, 0.6) is 11.5 Å². The van der Waals surface area contributed by atoms with Crippen molar-refractivity contribution >= 4 is 29.1 Å². The number of furan rings is 1. The number of nitrogens with zero attached hydrogens (tertiary/aromatic N) is 1. The monoisotopic (exact) mass is 417 g/mol. The topological polar surface area (TPSA) is 78.2 Å². The van der Waals surface area contributed by atoms with Crippen LogP contribution in [0.15, 0.2) is 45.9 Å². The number of amides is 2. The van der Waals surface area contributed by atoms with Gasteiger partial charge in [0, 0.05) is 20.3 Å². The third-order valence-corrected chi connectivity index (χ3v) is 5.56. The number of hydrogen-bond donors (Lipinski definition) is 0. The fourth-order valence-electron chi connectivity index (χ4n) is 3.04. The fourth-order valence-corrected chi connectivity index (χ4v) is 4.08. The van der Waals surface area contributed by atoms with Gasteiger partial charge in [0.2, 0.25) is 0 Å². The van der Waals surface area contributed by atoms with Gasteiger partial charge in [-0.15, -0.1) is 11.8 Å². The molecule has 7 nitrogen and oxygen atoms in total. The van der Waals surface area contributed by atoms with Gasteiger partial charge in [-0.1, -0.05) is 6.07 Å². The van der Waals surface area contributed by atoms with Gasteiger partial charge in [-0.05, 0) is 36.2 Å². The van der Waals surface area contributed by atoms with Gasteiger partial charge in [0.1, 0.15) is 5.76 Å². The van der Waals surface area contributed by atoms with E-state index >= 15 is 0 Å². The first-order valence-corrected chi connectivity index (χ1v) is 10.1. The first kappa shape index (κ1) is 21.0. The van der Waals surface area contributed by atoms with Crippen LogP contribution >= 0.6 is 11.8 Å². The molecule has 2 heterocycles. The molecule has 2 aromatic rings. The van der Waals surface area contributed by atoms with E-state index in [0.717, 1.165) is 5.76 Å². The van der Waals surface area contributed by atoms with Gasteiger partial charge in [0.25, 0.3) is 11.8 Å². The van der Waals surface area contributed by atoms with Gasteiger partial charge < -0.3 is 18.6 Å². The average Bonchev–Trinajstić information content (AvgIpc) is 3.33. The summed E-state index contributed by atoms with van der Waals surface area (Å²) < 4.78 is 21.1. The molecule has 1 aliphatic heterocycles. The predicted molar refractivity (Wildman–Crippen MR) is 110 cm³/mol. The van der Waals surface area contributed by atoms with E-state index in [1.165, 1.54) is 23.8 Å². The molecule has 0 fully saturated rings. The zero-order valence-electron chi connectivity index (χ0n) is 16.6. The molecule has 0 saturated carbocycles. The molecule has 0 saturated heterocycles. The van der Waals surface area contributed by atoms with E-state index in [1.807, 2.05) is 6.07 Å². The highest BCUT2D eigenvalue weighted by Crippen LogP contribution is 2.40. The van der Waals surface area contributed by atoms with E-state index in [4.69, 9.17) is 18.6 Å². The third kappa shape index (κ3) is 4.49. The van der Waals surface area contributed by atoms with Crippen LogP contribution < -0.4 is 9.47 Å². The molecule has 29 heavy (non-hydrogen) atoms. The highest BCUT2D eigenvalue weighted by molar-refractivity contribution is 8.03. The maximum absolute atomic E-state index is 13.1. The smallest absolute Gasteiger partial charge is 0.267 e. The van der Waals surface area contributed by atoms with E-state index in [1.54, 1.807) is 44.7 Å². The number of ether oxygens (including phenoxy) is 3. The van der Waals surface area contributed by atoms with Crippen LogP contribution in [-0.4, -0.2) is 51.2 Å². The van der Waals surface area contributed by atoms with E-state index in [0.29, 0.717) is 52.9 Å². The molecule has 1 aromatic carbocycles. The van der Waals surface area contributed by atoms with Crippen molar-refractivity contribution in [3.8, 4) is 11.5 Å². The predicted octanol–water partition coefficient (Wildman–Crippen LogP) is 3.35. The van der Waals surface area contributed by atoms with Crippen molar-refractivity contribution in [1.29, 1.82) is 0 Å². The quantitative estimate of drug-likeness (QED) is 0.433. The zero-order chi connectivity index (χ0) is 20.8. The van der Waals surface area contributed by atoms with Gasteiger partial charge in [-0.25, -0.2) is 0 Å². The van der Waals surface area contributed by atoms with Gasteiger partial charge in [0.05, 0.1) is 36.7 Å². The molecular formula is C21H23NO6S. The second-order valence-electron chi connectivity index (χ2n) is 6.25. The minimum atomic E-state index is -0.319. The highest BCUT2D eigenvalue weighted by Gasteiger charge is 2.39. The number of rotatable bonds is 10. The van der Waals surface area contributed by atoms with E-state index in [2.05, 4.69) is 0 Å². The molecule has 2 amide bonds. The largest absolute Gasteiger partial charge is 0.493 e. The fraction of sp³-hybridized carbons (Fsp3) is 0.333. The Bertz CT molecular complexity index is 906. The van der Waals surface area contributed by atoms with Gasteiger partial charge in [-0.3, -0.25) is 14.5 Å². The molecule has 0 bridgehead atoms. The Morgan fingerprint density at radius 3 is 2.48 bits per heavy atom. The van der Waals surface area contributed by atoms with Crippen molar-refractivity contribution in [3.05, 3.63) is 52.8 Å². The van der Waals surface area contributed by atoms with Crippen LogP contribution in [0.1, 0.15) is 17.7 Å². The van der Waals surface area contributed by atoms with Gasteiger partial charge in [-0.2, -0.15) is 0 Å². The van der Waals surface area contributed by atoms with Crippen molar-refractivity contribution in [1.82, 2.24) is 4.90 Å². The Hall–Kier alpha value is -2.71. The summed E-state index contributed by atoms with van der Waals surface area (Å²) in [6, 6.07) is 8.82. The SMILES string of the molecule is COCCCN1C(=O)C(SCc2ccco2)=C(c2ccc(OC)c(OC)c2)C1=O. The zero-order valence-corrected chi connectivity index (χ0v) is 17.4. The lowest BCUT2D eigenvalue weighted by Crippen LogP contribution is -2.33. The van der Waals surface area contributed by atoms with E-state index in [-0.39, 0.29) is 11.8 Å². The lowest BCUT2D eigenvalue weighted by Gasteiger charge is -2.15. The number of thioether (sulfide) groups is 1. The Morgan fingerprint density at radius 2 is 1.83 bits per heavy atom. The minimum absolute atomic E-state index is 0.299. The minimum Gasteiger partial charge on any atom is -0.493 e. The standard InChI is InChI=1S/C21H23NO6S/c1-25-10-5-9-22-20(23)18(14-7-8-16(26-2)17(12-14)27-3)19(21(22)24)29-13-15-6-4-11-28-15/h4,6-8,11-12H,5,9-10,13H2,1-3H3. The third-order valence-electron chi connectivity index (χ3n) is 4.47. The summed E-state index contributed by atoms with van der Waals surface area (Å²) in [6.45, 7) is 0.769. The first-order valence-electron chi connectivity index (χ1n) is 9.07. The Balaban J connectivity index is 1.96. The highest BCUT2D eigenvalue weighted by atomic mass is 32.2. The first-order chi connectivity index (χ1) is 14.1. The molecule has 0 unspecified atom stereocenters. The Kier molecular flexibility index (Phi) is 7.00. The van der Waals surface area contributed by atoms with E-state index < -0.39 is 0 Å². The summed E-state index contributed by atoms with van der Waals surface area (Å²) in [5.74, 6) is 1.60. The number of carbonyl (C=O) groups is 2. The number of methoxy groups -OCH3 is 3. The maximum Gasteiger partial charge on any atom is 0.267 e. The Labute approximate surface area is 173 Å². The number of hydrogen-bond acceptors (Lipinski definition) is 7. The second-order valence-corrected chi connectivity index (χ2v) is 7.24.